The minimum atomic E-state index is -3.56. The third kappa shape index (κ3) is 4.15. The molecule has 4 aromatic rings. The van der Waals surface area contributed by atoms with E-state index in [1.54, 1.807) is 24.3 Å². The number of rotatable bonds is 6. The van der Waals surface area contributed by atoms with Gasteiger partial charge in [-0.25, -0.2) is 22.5 Å². The second-order valence-corrected chi connectivity index (χ2v) is 9.70. The number of fused-ring (bicyclic) bond motifs is 1. The summed E-state index contributed by atoms with van der Waals surface area (Å²) in [5, 5.41) is 0. The van der Waals surface area contributed by atoms with Crippen LogP contribution in [0, 0.1) is 6.92 Å². The van der Waals surface area contributed by atoms with E-state index in [2.05, 4.69) is 4.98 Å². The molecule has 4 rings (SSSR count). The molecule has 0 aliphatic heterocycles. The van der Waals surface area contributed by atoms with Crippen LogP contribution in [0.15, 0.2) is 77.7 Å². The van der Waals surface area contributed by atoms with E-state index in [1.807, 2.05) is 47.9 Å². The average Bonchev–Trinajstić information content (AvgIpc) is 3.13. The number of benzene rings is 3. The lowest BCUT2D eigenvalue weighted by atomic mass is 10.2. The molecule has 0 aliphatic rings. The molecule has 0 unspecified atom stereocenters. The van der Waals surface area contributed by atoms with Gasteiger partial charge in [-0.15, -0.1) is 0 Å². The molecule has 0 spiro atoms. The molecule has 1 aromatic heterocycles. The van der Waals surface area contributed by atoms with Crippen molar-refractivity contribution in [2.24, 2.45) is 0 Å². The van der Waals surface area contributed by atoms with Crippen molar-refractivity contribution >= 4 is 27.0 Å². The van der Waals surface area contributed by atoms with Gasteiger partial charge >= 0.3 is 5.97 Å². The van der Waals surface area contributed by atoms with Gasteiger partial charge in [0.05, 0.1) is 21.5 Å². The van der Waals surface area contributed by atoms with Crippen LogP contribution >= 0.6 is 0 Å². The molecule has 0 atom stereocenters. The fourth-order valence-corrected chi connectivity index (χ4v) is 4.44. The van der Waals surface area contributed by atoms with Gasteiger partial charge < -0.3 is 4.74 Å². The Morgan fingerprint density at radius 1 is 1.00 bits per heavy atom. The van der Waals surface area contributed by atoms with Crippen molar-refractivity contribution in [2.45, 2.75) is 18.4 Å². The molecule has 0 bridgehead atoms. The Balaban J connectivity index is 1.54. The molecule has 0 radical (unpaired) electrons. The van der Waals surface area contributed by atoms with Crippen LogP contribution in [-0.4, -0.2) is 42.3 Å². The molecule has 164 valence electrons. The first-order valence-electron chi connectivity index (χ1n) is 10.0. The van der Waals surface area contributed by atoms with Crippen LogP contribution in [-0.2, 0) is 21.4 Å². The molecule has 0 aliphatic carbocycles. The number of para-hydroxylation sites is 1. The number of carbonyl (C=O) groups is 1. The molecule has 0 amide bonds. The van der Waals surface area contributed by atoms with Gasteiger partial charge in [0.1, 0.15) is 12.4 Å². The van der Waals surface area contributed by atoms with E-state index in [1.165, 1.54) is 26.2 Å². The van der Waals surface area contributed by atoms with Crippen molar-refractivity contribution in [1.82, 2.24) is 13.9 Å². The molecule has 7 nitrogen and oxygen atoms in total. The van der Waals surface area contributed by atoms with Crippen LogP contribution in [0.25, 0.3) is 16.7 Å². The summed E-state index contributed by atoms with van der Waals surface area (Å²) in [5.74, 6) is 0.315. The maximum atomic E-state index is 12.6. The van der Waals surface area contributed by atoms with Gasteiger partial charge in [-0.05, 0) is 55.0 Å². The number of hydrogen-bond acceptors (Lipinski definition) is 5. The standard InChI is InChI=1S/C24H23N3O4S/c1-17-25-22-15-19(12-13-23(22)27(17)20-9-5-4-6-10-20)24(28)31-16-18-8-7-11-21(14-18)32(29,30)26(2)3/h4-15H,16H2,1-3H3. The minimum absolute atomic E-state index is 0.0366. The topological polar surface area (TPSA) is 81.5 Å². The lowest BCUT2D eigenvalue weighted by Crippen LogP contribution is -2.22. The van der Waals surface area contributed by atoms with E-state index in [-0.39, 0.29) is 11.5 Å². The molecule has 32 heavy (non-hydrogen) atoms. The largest absolute Gasteiger partial charge is 0.457 e. The minimum Gasteiger partial charge on any atom is -0.457 e. The zero-order valence-electron chi connectivity index (χ0n) is 18.0. The van der Waals surface area contributed by atoms with Crippen molar-refractivity contribution in [3.05, 3.63) is 89.7 Å². The molecule has 0 fully saturated rings. The van der Waals surface area contributed by atoms with Crippen LogP contribution < -0.4 is 0 Å². The summed E-state index contributed by atoms with van der Waals surface area (Å²) >= 11 is 0. The number of aromatic nitrogens is 2. The smallest absolute Gasteiger partial charge is 0.338 e. The summed E-state index contributed by atoms with van der Waals surface area (Å²) in [6.07, 6.45) is 0. The molecular formula is C24H23N3O4S. The highest BCUT2D eigenvalue weighted by atomic mass is 32.2. The Kier molecular flexibility index (Phi) is 5.82. The predicted molar refractivity (Wildman–Crippen MR) is 122 cm³/mol. The first-order chi connectivity index (χ1) is 15.3. The summed E-state index contributed by atoms with van der Waals surface area (Å²) in [7, 11) is -0.614. The van der Waals surface area contributed by atoms with E-state index in [0.717, 1.165) is 21.3 Å². The molecule has 8 heteroatoms. The van der Waals surface area contributed by atoms with Crippen molar-refractivity contribution in [3.8, 4) is 5.69 Å². The third-order valence-electron chi connectivity index (χ3n) is 5.12. The Bertz CT molecular complexity index is 1390. The number of hydrogen-bond donors (Lipinski definition) is 0. The van der Waals surface area contributed by atoms with Crippen molar-refractivity contribution < 1.29 is 17.9 Å². The number of ether oxygens (including phenoxy) is 1. The van der Waals surface area contributed by atoms with Crippen LogP contribution in [0.3, 0.4) is 0 Å². The van der Waals surface area contributed by atoms with E-state index >= 15 is 0 Å². The Morgan fingerprint density at radius 2 is 1.75 bits per heavy atom. The lowest BCUT2D eigenvalue weighted by Gasteiger charge is -2.12. The normalized spacial score (nSPS) is 11.8. The number of aryl methyl sites for hydroxylation is 1. The van der Waals surface area contributed by atoms with Crippen LogP contribution in [0.4, 0.5) is 0 Å². The zero-order valence-corrected chi connectivity index (χ0v) is 18.8. The summed E-state index contributed by atoms with van der Waals surface area (Å²) in [5.41, 5.74) is 3.56. The Hall–Kier alpha value is -3.49. The van der Waals surface area contributed by atoms with Gasteiger partial charge in [0.25, 0.3) is 0 Å². The van der Waals surface area contributed by atoms with Crippen LogP contribution in [0.1, 0.15) is 21.7 Å². The summed E-state index contributed by atoms with van der Waals surface area (Å²) in [6.45, 7) is 1.88. The van der Waals surface area contributed by atoms with E-state index in [4.69, 9.17) is 4.74 Å². The lowest BCUT2D eigenvalue weighted by molar-refractivity contribution is 0.0472. The van der Waals surface area contributed by atoms with Gasteiger partial charge in [-0.2, -0.15) is 0 Å². The second-order valence-electron chi connectivity index (χ2n) is 7.54. The number of sulfonamides is 1. The van der Waals surface area contributed by atoms with Crippen molar-refractivity contribution in [2.75, 3.05) is 14.1 Å². The molecule has 0 N–H and O–H groups in total. The first kappa shape index (κ1) is 21.7. The maximum absolute atomic E-state index is 12.6. The molecular weight excluding hydrogens is 426 g/mol. The number of imidazole rings is 1. The molecule has 1 heterocycles. The number of carbonyl (C=O) groups excluding carboxylic acids is 1. The van der Waals surface area contributed by atoms with Gasteiger partial charge in [-0.3, -0.25) is 4.57 Å². The van der Waals surface area contributed by atoms with Gasteiger partial charge in [-0.1, -0.05) is 30.3 Å². The van der Waals surface area contributed by atoms with Crippen molar-refractivity contribution in [3.63, 3.8) is 0 Å². The van der Waals surface area contributed by atoms with Gasteiger partial charge in [0.15, 0.2) is 0 Å². The van der Waals surface area contributed by atoms with E-state index in [9.17, 15) is 13.2 Å². The number of esters is 1. The van der Waals surface area contributed by atoms with Gasteiger partial charge in [0.2, 0.25) is 10.0 Å². The Labute approximate surface area is 186 Å². The Morgan fingerprint density at radius 3 is 2.47 bits per heavy atom. The van der Waals surface area contributed by atoms with E-state index < -0.39 is 16.0 Å². The van der Waals surface area contributed by atoms with E-state index in [0.29, 0.717) is 16.6 Å². The molecule has 0 saturated heterocycles. The monoisotopic (exact) mass is 449 g/mol. The summed E-state index contributed by atoms with van der Waals surface area (Å²) in [4.78, 5) is 17.4. The van der Waals surface area contributed by atoms with Crippen LogP contribution in [0.2, 0.25) is 0 Å². The van der Waals surface area contributed by atoms with Crippen molar-refractivity contribution in [1.29, 1.82) is 0 Å². The first-order valence-corrected chi connectivity index (χ1v) is 11.4. The zero-order chi connectivity index (χ0) is 22.9. The predicted octanol–water partition coefficient (Wildman–Crippen LogP) is 3.94. The highest BCUT2D eigenvalue weighted by Crippen LogP contribution is 2.23. The maximum Gasteiger partial charge on any atom is 0.338 e. The third-order valence-corrected chi connectivity index (χ3v) is 6.93. The average molecular weight is 450 g/mol. The second kappa shape index (κ2) is 8.57. The fourth-order valence-electron chi connectivity index (χ4n) is 3.47. The SMILES string of the molecule is Cc1nc2cc(C(=O)OCc3cccc(S(=O)(=O)N(C)C)c3)ccc2n1-c1ccccc1. The number of nitrogens with zero attached hydrogens (tertiary/aromatic N) is 3. The van der Waals surface area contributed by atoms with Crippen LogP contribution in [0.5, 0.6) is 0 Å². The molecule has 0 saturated carbocycles. The quantitative estimate of drug-likeness (QED) is 0.417. The molecule has 3 aromatic carbocycles. The fraction of sp³-hybridized carbons (Fsp3) is 0.167. The highest BCUT2D eigenvalue weighted by molar-refractivity contribution is 7.89. The highest BCUT2D eigenvalue weighted by Gasteiger charge is 2.18. The summed E-state index contributed by atoms with van der Waals surface area (Å²) < 4.78 is 33.2. The van der Waals surface area contributed by atoms with Gasteiger partial charge in [0, 0.05) is 19.8 Å². The summed E-state index contributed by atoms with van der Waals surface area (Å²) in [6, 6.07) is 21.5.